The van der Waals surface area contributed by atoms with Crippen LogP contribution in [0.4, 0.5) is 34.1 Å². The average Bonchev–Trinajstić information content (AvgIpc) is 3.80. The maximum Gasteiger partial charge on any atom is 0.159 e. The molecular weight excluding hydrogens is 729 g/mol. The Morgan fingerprint density at radius 3 is 1.57 bits per heavy atom. The minimum atomic E-state index is -0.0336. The van der Waals surface area contributed by atoms with Crippen molar-refractivity contribution in [3.05, 3.63) is 230 Å². The molecule has 1 aromatic heterocycles. The van der Waals surface area contributed by atoms with Crippen molar-refractivity contribution in [1.29, 1.82) is 0 Å². The molecule has 9 aromatic carbocycles. The molecule has 0 N–H and O–H groups in total. The number of para-hydroxylation sites is 4. The lowest BCUT2D eigenvalue weighted by Gasteiger charge is -2.27. The van der Waals surface area contributed by atoms with E-state index in [0.29, 0.717) is 0 Å². The van der Waals surface area contributed by atoms with Gasteiger partial charge < -0.3 is 14.2 Å². The molecule has 10 aromatic rings. The minimum absolute atomic E-state index is 0.0336. The zero-order valence-electron chi connectivity index (χ0n) is 33.6. The third-order valence-corrected chi connectivity index (χ3v) is 12.3. The average molecular weight is 771 g/mol. The highest BCUT2D eigenvalue weighted by atomic mass is 16.3. The second-order valence-electron chi connectivity index (χ2n) is 16.2. The van der Waals surface area contributed by atoms with E-state index in [2.05, 4.69) is 230 Å². The van der Waals surface area contributed by atoms with Gasteiger partial charge in [0.2, 0.25) is 0 Å². The summed E-state index contributed by atoms with van der Waals surface area (Å²) in [5.74, 6) is 0. The van der Waals surface area contributed by atoms with E-state index in [0.717, 1.165) is 61.6 Å². The summed E-state index contributed by atoms with van der Waals surface area (Å²) in [5.41, 5.74) is 18.3. The molecule has 0 saturated carbocycles. The van der Waals surface area contributed by atoms with Gasteiger partial charge in [0, 0.05) is 44.6 Å². The van der Waals surface area contributed by atoms with Gasteiger partial charge >= 0.3 is 0 Å². The third kappa shape index (κ3) is 5.98. The highest BCUT2D eigenvalue weighted by Crippen LogP contribution is 2.51. The van der Waals surface area contributed by atoms with Crippen molar-refractivity contribution in [3.8, 4) is 33.4 Å². The summed E-state index contributed by atoms with van der Waals surface area (Å²) in [5, 5.41) is 2.23. The lowest BCUT2D eigenvalue weighted by molar-refractivity contribution is 0.660. The first-order valence-electron chi connectivity index (χ1n) is 20.7. The molecule has 0 aliphatic heterocycles. The van der Waals surface area contributed by atoms with Crippen LogP contribution in [0, 0.1) is 0 Å². The summed E-state index contributed by atoms with van der Waals surface area (Å²) < 4.78 is 6.51. The molecule has 3 heteroatoms. The summed E-state index contributed by atoms with van der Waals surface area (Å²) in [7, 11) is 0. The van der Waals surface area contributed by atoms with Gasteiger partial charge in [-0.1, -0.05) is 153 Å². The predicted octanol–water partition coefficient (Wildman–Crippen LogP) is 16.2. The maximum absolute atomic E-state index is 6.51. The summed E-state index contributed by atoms with van der Waals surface area (Å²) in [6.45, 7) is 4.67. The van der Waals surface area contributed by atoms with E-state index < -0.39 is 0 Å². The molecule has 1 heterocycles. The lowest BCUT2D eigenvalue weighted by Crippen LogP contribution is -2.15. The van der Waals surface area contributed by atoms with Crippen molar-refractivity contribution >= 4 is 56.1 Å². The van der Waals surface area contributed by atoms with Crippen molar-refractivity contribution in [2.45, 2.75) is 19.3 Å². The number of benzene rings is 9. The van der Waals surface area contributed by atoms with E-state index in [4.69, 9.17) is 4.42 Å². The van der Waals surface area contributed by atoms with Gasteiger partial charge in [-0.05, 0) is 123 Å². The molecule has 0 unspecified atom stereocenters. The summed E-state index contributed by atoms with van der Waals surface area (Å²) >= 11 is 0. The Hall–Kier alpha value is -7.62. The first kappa shape index (κ1) is 35.5. The fourth-order valence-electron chi connectivity index (χ4n) is 9.27. The molecule has 0 fully saturated rings. The second-order valence-corrected chi connectivity index (χ2v) is 16.2. The van der Waals surface area contributed by atoms with Crippen LogP contribution >= 0.6 is 0 Å². The van der Waals surface area contributed by atoms with Gasteiger partial charge in [-0.15, -0.1) is 0 Å². The largest absolute Gasteiger partial charge is 0.454 e. The third-order valence-electron chi connectivity index (χ3n) is 12.3. The molecule has 0 saturated heterocycles. The molecule has 0 atom stereocenters. The topological polar surface area (TPSA) is 19.6 Å². The number of furan rings is 1. The standard InChI is InChI=1S/C57H42N2O/c1-57(2)52-24-11-9-21-48(52)51-38-47(35-36-53(51)57)58(43-17-5-3-6-18-43)45-31-27-39(28-32-45)41-15-13-16-42(37-41)40-29-33-46(34-30-40)59(44-19-7-4-8-20-44)54-25-14-23-50-49-22-10-12-26-55(49)60-56(50)54/h3-38H,1-2H3. The molecule has 0 bridgehead atoms. The number of rotatable bonds is 8. The van der Waals surface area contributed by atoms with Crippen LogP contribution in [0.5, 0.6) is 0 Å². The van der Waals surface area contributed by atoms with Crippen LogP contribution in [0.3, 0.4) is 0 Å². The first-order valence-corrected chi connectivity index (χ1v) is 20.7. The van der Waals surface area contributed by atoms with Crippen LogP contribution in [0.25, 0.3) is 55.3 Å². The van der Waals surface area contributed by atoms with Gasteiger partial charge in [0.15, 0.2) is 5.58 Å². The van der Waals surface area contributed by atoms with Crippen LogP contribution in [-0.2, 0) is 5.41 Å². The van der Waals surface area contributed by atoms with Crippen molar-refractivity contribution in [2.75, 3.05) is 9.80 Å². The minimum Gasteiger partial charge on any atom is -0.454 e. The van der Waals surface area contributed by atoms with Crippen LogP contribution in [0.15, 0.2) is 223 Å². The molecular formula is C57H42N2O. The Balaban J connectivity index is 0.915. The SMILES string of the molecule is CC1(C)c2ccccc2-c2cc(N(c3ccccc3)c3ccc(-c4cccc(-c5ccc(N(c6ccccc6)c6cccc7c6oc6ccccc67)cc5)c4)cc3)ccc21. The van der Waals surface area contributed by atoms with E-state index >= 15 is 0 Å². The Morgan fingerprint density at radius 2 is 0.867 bits per heavy atom. The van der Waals surface area contributed by atoms with Crippen molar-refractivity contribution in [2.24, 2.45) is 0 Å². The zero-order valence-corrected chi connectivity index (χ0v) is 33.6. The van der Waals surface area contributed by atoms with E-state index in [1.807, 2.05) is 12.1 Å². The second kappa shape index (κ2) is 14.3. The van der Waals surface area contributed by atoms with Gasteiger partial charge in [-0.25, -0.2) is 0 Å². The smallest absolute Gasteiger partial charge is 0.159 e. The van der Waals surface area contributed by atoms with Crippen molar-refractivity contribution < 1.29 is 4.42 Å². The van der Waals surface area contributed by atoms with Crippen LogP contribution in [-0.4, -0.2) is 0 Å². The molecule has 1 aliphatic rings. The fraction of sp³-hybridized carbons (Fsp3) is 0.0526. The van der Waals surface area contributed by atoms with E-state index in [9.17, 15) is 0 Å². The first-order chi connectivity index (χ1) is 29.5. The highest BCUT2D eigenvalue weighted by Gasteiger charge is 2.35. The Labute approximate surface area is 351 Å². The van der Waals surface area contributed by atoms with E-state index in [1.165, 1.54) is 38.9 Å². The Morgan fingerprint density at radius 1 is 0.350 bits per heavy atom. The number of anilines is 6. The molecule has 1 aliphatic carbocycles. The summed E-state index contributed by atoms with van der Waals surface area (Å²) in [6.07, 6.45) is 0. The van der Waals surface area contributed by atoms with E-state index in [1.54, 1.807) is 0 Å². The number of hydrogen-bond acceptors (Lipinski definition) is 3. The predicted molar refractivity (Wildman–Crippen MR) is 252 cm³/mol. The van der Waals surface area contributed by atoms with Crippen molar-refractivity contribution in [1.82, 2.24) is 0 Å². The molecule has 11 rings (SSSR count). The fourth-order valence-corrected chi connectivity index (χ4v) is 9.27. The van der Waals surface area contributed by atoms with Gasteiger partial charge in [-0.2, -0.15) is 0 Å². The quantitative estimate of drug-likeness (QED) is 0.153. The van der Waals surface area contributed by atoms with Gasteiger partial charge in [0.1, 0.15) is 5.58 Å². The number of fused-ring (bicyclic) bond motifs is 6. The summed E-state index contributed by atoms with van der Waals surface area (Å²) in [4.78, 5) is 4.65. The molecule has 60 heavy (non-hydrogen) atoms. The molecule has 286 valence electrons. The maximum atomic E-state index is 6.51. The number of hydrogen-bond donors (Lipinski definition) is 0. The summed E-state index contributed by atoms with van der Waals surface area (Å²) in [6, 6.07) is 78.4. The molecule has 0 spiro atoms. The highest BCUT2D eigenvalue weighted by molar-refractivity contribution is 6.10. The van der Waals surface area contributed by atoms with Crippen LogP contribution in [0.2, 0.25) is 0 Å². The zero-order chi connectivity index (χ0) is 40.2. The number of nitrogens with zero attached hydrogens (tertiary/aromatic N) is 2. The van der Waals surface area contributed by atoms with Gasteiger partial charge in [0.05, 0.1) is 5.69 Å². The molecule has 3 nitrogen and oxygen atoms in total. The Kier molecular flexibility index (Phi) is 8.49. The van der Waals surface area contributed by atoms with Crippen LogP contribution < -0.4 is 9.80 Å². The normalized spacial score (nSPS) is 12.6. The van der Waals surface area contributed by atoms with Crippen LogP contribution in [0.1, 0.15) is 25.0 Å². The molecule has 0 radical (unpaired) electrons. The lowest BCUT2D eigenvalue weighted by atomic mass is 9.82. The van der Waals surface area contributed by atoms with E-state index in [-0.39, 0.29) is 5.41 Å². The monoisotopic (exact) mass is 770 g/mol. The van der Waals surface area contributed by atoms with Gasteiger partial charge in [-0.3, -0.25) is 0 Å². The Bertz CT molecular complexity index is 3160. The molecule has 0 amide bonds. The van der Waals surface area contributed by atoms with Gasteiger partial charge in [0.25, 0.3) is 0 Å². The van der Waals surface area contributed by atoms with Crippen molar-refractivity contribution in [3.63, 3.8) is 0 Å².